The molecule has 0 spiro atoms. The zero-order valence-electron chi connectivity index (χ0n) is 7.02. The minimum absolute atomic E-state index is 0.510. The SMILES string of the molecule is CC(C)CCC(C)(O)CBr. The highest BCUT2D eigenvalue weighted by molar-refractivity contribution is 9.09. The van der Waals surface area contributed by atoms with Gasteiger partial charge in [0.15, 0.2) is 0 Å². The van der Waals surface area contributed by atoms with E-state index < -0.39 is 5.60 Å². The molecule has 62 valence electrons. The van der Waals surface area contributed by atoms with Gasteiger partial charge >= 0.3 is 0 Å². The summed E-state index contributed by atoms with van der Waals surface area (Å²) in [6, 6.07) is 0. The molecule has 0 saturated carbocycles. The van der Waals surface area contributed by atoms with Gasteiger partial charge in [-0.05, 0) is 25.7 Å². The van der Waals surface area contributed by atoms with E-state index in [-0.39, 0.29) is 0 Å². The molecule has 0 aliphatic carbocycles. The first-order valence-corrected chi connectivity index (χ1v) is 4.88. The maximum atomic E-state index is 9.53. The van der Waals surface area contributed by atoms with Gasteiger partial charge in [0.05, 0.1) is 5.60 Å². The quantitative estimate of drug-likeness (QED) is 0.705. The Kier molecular flexibility index (Phi) is 4.54. The summed E-state index contributed by atoms with van der Waals surface area (Å²) in [7, 11) is 0. The first-order chi connectivity index (χ1) is 4.48. The van der Waals surface area contributed by atoms with E-state index in [1.165, 1.54) is 0 Å². The number of rotatable bonds is 4. The average Bonchev–Trinajstić information content (AvgIpc) is 1.85. The van der Waals surface area contributed by atoms with Crippen molar-refractivity contribution in [2.24, 2.45) is 5.92 Å². The van der Waals surface area contributed by atoms with Gasteiger partial charge in [0, 0.05) is 5.33 Å². The van der Waals surface area contributed by atoms with Crippen LogP contribution in [0.3, 0.4) is 0 Å². The second-order valence-electron chi connectivity index (χ2n) is 3.56. The van der Waals surface area contributed by atoms with Gasteiger partial charge in [0.2, 0.25) is 0 Å². The Morgan fingerprint density at radius 1 is 1.50 bits per heavy atom. The van der Waals surface area contributed by atoms with Crippen molar-refractivity contribution in [1.29, 1.82) is 0 Å². The van der Waals surface area contributed by atoms with Crippen molar-refractivity contribution in [2.45, 2.75) is 39.2 Å². The molecule has 0 aliphatic rings. The maximum Gasteiger partial charge on any atom is 0.0716 e. The molecule has 1 nitrogen and oxygen atoms in total. The fourth-order valence-electron chi connectivity index (χ4n) is 0.666. The van der Waals surface area contributed by atoms with E-state index in [1.54, 1.807) is 0 Å². The van der Waals surface area contributed by atoms with E-state index >= 15 is 0 Å². The largest absolute Gasteiger partial charge is 0.389 e. The Morgan fingerprint density at radius 3 is 2.30 bits per heavy atom. The van der Waals surface area contributed by atoms with Crippen LogP contribution < -0.4 is 0 Å². The lowest BCUT2D eigenvalue weighted by Gasteiger charge is -2.20. The Bertz CT molecular complexity index is 89.3. The predicted octanol–water partition coefficient (Wildman–Crippen LogP) is 2.57. The topological polar surface area (TPSA) is 20.2 Å². The minimum atomic E-state index is -0.510. The molecule has 0 fully saturated rings. The molecule has 1 unspecified atom stereocenters. The smallest absolute Gasteiger partial charge is 0.0716 e. The van der Waals surface area contributed by atoms with E-state index in [0.29, 0.717) is 11.2 Å². The summed E-state index contributed by atoms with van der Waals surface area (Å²) in [5, 5.41) is 10.2. The second kappa shape index (κ2) is 4.35. The van der Waals surface area contributed by atoms with Crippen LogP contribution in [0.1, 0.15) is 33.6 Å². The van der Waals surface area contributed by atoms with Crippen LogP contribution in [0.15, 0.2) is 0 Å². The number of hydrogen-bond donors (Lipinski definition) is 1. The normalized spacial score (nSPS) is 17.4. The average molecular weight is 209 g/mol. The number of hydrogen-bond acceptors (Lipinski definition) is 1. The van der Waals surface area contributed by atoms with Gasteiger partial charge in [-0.2, -0.15) is 0 Å². The third kappa shape index (κ3) is 5.24. The molecule has 0 heterocycles. The highest BCUT2D eigenvalue weighted by atomic mass is 79.9. The van der Waals surface area contributed by atoms with Crippen LogP contribution in [0.2, 0.25) is 0 Å². The molecule has 2 heteroatoms. The highest BCUT2D eigenvalue weighted by Crippen LogP contribution is 2.17. The van der Waals surface area contributed by atoms with Gasteiger partial charge in [-0.1, -0.05) is 29.8 Å². The van der Waals surface area contributed by atoms with Crippen LogP contribution in [0.5, 0.6) is 0 Å². The standard InChI is InChI=1S/C8H17BrO/c1-7(2)4-5-8(3,10)6-9/h7,10H,4-6H2,1-3H3. The molecule has 0 aromatic carbocycles. The van der Waals surface area contributed by atoms with Crippen molar-refractivity contribution >= 4 is 15.9 Å². The first kappa shape index (κ1) is 10.4. The molecule has 0 aromatic heterocycles. The summed E-state index contributed by atoms with van der Waals surface area (Å²) in [5.74, 6) is 0.686. The summed E-state index contributed by atoms with van der Waals surface area (Å²) in [4.78, 5) is 0. The summed E-state index contributed by atoms with van der Waals surface area (Å²) in [6.45, 7) is 6.21. The number of halogens is 1. The molecule has 1 N–H and O–H groups in total. The molecule has 1 atom stereocenters. The molecule has 0 aromatic rings. The van der Waals surface area contributed by atoms with Crippen LogP contribution in [0.4, 0.5) is 0 Å². The molecule has 0 saturated heterocycles. The van der Waals surface area contributed by atoms with Gasteiger partial charge in [-0.15, -0.1) is 0 Å². The molecule has 0 amide bonds. The van der Waals surface area contributed by atoms with E-state index in [1.807, 2.05) is 6.92 Å². The Balaban J connectivity index is 3.46. The number of alkyl halides is 1. The summed E-state index contributed by atoms with van der Waals surface area (Å²) in [6.07, 6.45) is 1.98. The van der Waals surface area contributed by atoms with Crippen molar-refractivity contribution in [2.75, 3.05) is 5.33 Å². The first-order valence-electron chi connectivity index (χ1n) is 3.76. The molecular formula is C8H17BrO. The Morgan fingerprint density at radius 2 is 2.00 bits per heavy atom. The van der Waals surface area contributed by atoms with Crippen molar-refractivity contribution in [3.63, 3.8) is 0 Å². The van der Waals surface area contributed by atoms with Crippen LogP contribution >= 0.6 is 15.9 Å². The van der Waals surface area contributed by atoms with Gasteiger partial charge in [0.25, 0.3) is 0 Å². The van der Waals surface area contributed by atoms with Crippen LogP contribution in [-0.2, 0) is 0 Å². The van der Waals surface area contributed by atoms with E-state index in [2.05, 4.69) is 29.8 Å². The fraction of sp³-hybridized carbons (Fsp3) is 1.00. The van der Waals surface area contributed by atoms with Crippen LogP contribution in [0, 0.1) is 5.92 Å². The molecule has 0 bridgehead atoms. The van der Waals surface area contributed by atoms with Gasteiger partial charge in [0.1, 0.15) is 0 Å². The van der Waals surface area contributed by atoms with E-state index in [0.717, 1.165) is 12.8 Å². The molecule has 0 rings (SSSR count). The highest BCUT2D eigenvalue weighted by Gasteiger charge is 2.17. The summed E-state index contributed by atoms with van der Waals surface area (Å²) >= 11 is 3.27. The van der Waals surface area contributed by atoms with Gasteiger partial charge < -0.3 is 5.11 Å². The van der Waals surface area contributed by atoms with Crippen molar-refractivity contribution in [3.05, 3.63) is 0 Å². The lowest BCUT2D eigenvalue weighted by atomic mass is 9.97. The van der Waals surface area contributed by atoms with Crippen molar-refractivity contribution in [1.82, 2.24) is 0 Å². The molecule has 0 radical (unpaired) electrons. The van der Waals surface area contributed by atoms with Crippen molar-refractivity contribution < 1.29 is 5.11 Å². The monoisotopic (exact) mass is 208 g/mol. The molecule has 10 heavy (non-hydrogen) atoms. The lowest BCUT2D eigenvalue weighted by molar-refractivity contribution is 0.0713. The minimum Gasteiger partial charge on any atom is -0.389 e. The van der Waals surface area contributed by atoms with Gasteiger partial charge in [-0.25, -0.2) is 0 Å². The third-order valence-electron chi connectivity index (χ3n) is 1.55. The number of aliphatic hydroxyl groups is 1. The zero-order chi connectivity index (χ0) is 8.20. The Labute approximate surface area is 72.0 Å². The molecular weight excluding hydrogens is 192 g/mol. The van der Waals surface area contributed by atoms with Crippen LogP contribution in [0.25, 0.3) is 0 Å². The van der Waals surface area contributed by atoms with E-state index in [9.17, 15) is 5.11 Å². The van der Waals surface area contributed by atoms with Crippen molar-refractivity contribution in [3.8, 4) is 0 Å². The zero-order valence-corrected chi connectivity index (χ0v) is 8.61. The predicted molar refractivity (Wildman–Crippen MR) is 48.5 cm³/mol. The lowest BCUT2D eigenvalue weighted by Crippen LogP contribution is -2.26. The summed E-state index contributed by atoms with van der Waals surface area (Å²) < 4.78 is 0. The second-order valence-corrected chi connectivity index (χ2v) is 4.12. The fourth-order valence-corrected chi connectivity index (χ4v) is 0.947. The maximum absolute atomic E-state index is 9.53. The Hall–Kier alpha value is 0.440. The molecule has 0 aliphatic heterocycles. The van der Waals surface area contributed by atoms with Crippen LogP contribution in [-0.4, -0.2) is 16.0 Å². The van der Waals surface area contributed by atoms with E-state index in [4.69, 9.17) is 0 Å². The third-order valence-corrected chi connectivity index (χ3v) is 2.76. The van der Waals surface area contributed by atoms with Gasteiger partial charge in [-0.3, -0.25) is 0 Å². The summed E-state index contributed by atoms with van der Waals surface area (Å²) in [5.41, 5.74) is -0.510.